The number of hydrogen-bond donors (Lipinski definition) is 0. The second-order valence-corrected chi connectivity index (χ2v) is 7.68. The van der Waals surface area contributed by atoms with Crippen molar-refractivity contribution in [2.75, 3.05) is 32.7 Å². The molecule has 1 atom stereocenters. The van der Waals surface area contributed by atoms with Crippen molar-refractivity contribution in [2.24, 2.45) is 4.99 Å². The number of carbonyl (C=O) groups is 2. The number of methoxy groups -OCH3 is 1. The molecule has 11 heteroatoms. The van der Waals surface area contributed by atoms with Crippen LogP contribution in [0.5, 0.6) is 5.75 Å². The highest BCUT2D eigenvalue weighted by Gasteiger charge is 2.33. The molecule has 2 fully saturated rings. The number of halogens is 2. The monoisotopic (exact) mass is 445 g/mol. The Hall–Kier alpha value is -1.88. The van der Waals surface area contributed by atoms with Crippen molar-refractivity contribution in [3.63, 3.8) is 0 Å². The van der Waals surface area contributed by atoms with E-state index < -0.39 is 18.1 Å². The lowest BCUT2D eigenvalue weighted by Gasteiger charge is -2.32. The summed E-state index contributed by atoms with van der Waals surface area (Å²) >= 11 is 7.29. The fourth-order valence-corrected chi connectivity index (χ4v) is 3.84. The first-order valence-electron chi connectivity index (χ1n) is 8.97. The number of hydrazine groups is 1. The molecular weight excluding hydrogens is 425 g/mol. The lowest BCUT2D eigenvalue weighted by atomic mass is 10.2. The number of nitrogens with zero attached hydrogens (tertiary/aromatic N) is 3. The van der Waals surface area contributed by atoms with Crippen LogP contribution in [0.2, 0.25) is 5.02 Å². The average molecular weight is 446 g/mol. The lowest BCUT2D eigenvalue weighted by Crippen LogP contribution is -2.47. The first-order valence-corrected chi connectivity index (χ1v) is 10.3. The van der Waals surface area contributed by atoms with E-state index in [0.29, 0.717) is 25.4 Å². The van der Waals surface area contributed by atoms with E-state index in [0.717, 1.165) is 11.8 Å². The van der Waals surface area contributed by atoms with Gasteiger partial charge >= 0.3 is 5.97 Å². The van der Waals surface area contributed by atoms with Crippen LogP contribution in [0.15, 0.2) is 17.1 Å². The fraction of sp³-hybridized carbons (Fsp3) is 0.500. The molecule has 0 N–H and O–H groups in total. The van der Waals surface area contributed by atoms with Crippen molar-refractivity contribution < 1.29 is 28.2 Å². The average Bonchev–Trinajstić information content (AvgIpc) is 3.05. The molecule has 1 aromatic rings. The van der Waals surface area contributed by atoms with Gasteiger partial charge < -0.3 is 14.2 Å². The maximum absolute atomic E-state index is 14.3. The number of benzene rings is 1. The Kier molecular flexibility index (Phi) is 7.33. The number of hydrogen-bond acceptors (Lipinski definition) is 8. The van der Waals surface area contributed by atoms with Crippen LogP contribution in [-0.4, -0.2) is 65.9 Å². The quantitative estimate of drug-likeness (QED) is 0.468. The van der Waals surface area contributed by atoms with Gasteiger partial charge in [0.25, 0.3) is 5.24 Å². The van der Waals surface area contributed by atoms with E-state index in [1.165, 1.54) is 24.9 Å². The minimum atomic E-state index is -0.643. The van der Waals surface area contributed by atoms with E-state index >= 15 is 0 Å². The van der Waals surface area contributed by atoms with Crippen molar-refractivity contribution in [1.82, 2.24) is 10.0 Å². The molecule has 0 saturated carbocycles. The molecule has 2 aliphatic rings. The highest BCUT2D eigenvalue weighted by atomic mass is 35.5. The number of aliphatic imine (C=N–C) groups is 1. The van der Waals surface area contributed by atoms with E-state index in [-0.39, 0.29) is 34.7 Å². The smallest absolute Gasteiger partial charge is 0.311 e. The van der Waals surface area contributed by atoms with Crippen molar-refractivity contribution in [1.29, 1.82) is 0 Å². The van der Waals surface area contributed by atoms with Gasteiger partial charge in [0, 0.05) is 31.9 Å². The first kappa shape index (κ1) is 21.8. The number of rotatable bonds is 7. The normalized spacial score (nSPS) is 19.4. The summed E-state index contributed by atoms with van der Waals surface area (Å²) in [6, 6.07) is 2.54. The third-order valence-electron chi connectivity index (χ3n) is 4.34. The van der Waals surface area contributed by atoms with Crippen LogP contribution in [0.1, 0.15) is 19.8 Å². The molecule has 1 aromatic carbocycles. The Morgan fingerprint density at radius 2 is 2.24 bits per heavy atom. The maximum atomic E-state index is 14.3. The molecule has 2 heterocycles. The van der Waals surface area contributed by atoms with Crippen molar-refractivity contribution >= 4 is 46.0 Å². The molecule has 2 aliphatic heterocycles. The Morgan fingerprint density at radius 3 is 3.00 bits per heavy atom. The van der Waals surface area contributed by atoms with Crippen LogP contribution in [0.4, 0.5) is 14.9 Å². The zero-order valence-electron chi connectivity index (χ0n) is 16.0. The second-order valence-electron chi connectivity index (χ2n) is 6.38. The zero-order valence-corrected chi connectivity index (χ0v) is 17.6. The molecule has 158 valence electrons. The van der Waals surface area contributed by atoms with Crippen LogP contribution in [0, 0.1) is 5.82 Å². The summed E-state index contributed by atoms with van der Waals surface area (Å²) in [5, 5.41) is 3.67. The van der Waals surface area contributed by atoms with E-state index in [1.54, 1.807) is 11.9 Å². The first-order chi connectivity index (χ1) is 13.9. The molecule has 8 nitrogen and oxygen atoms in total. The Balaban J connectivity index is 1.63. The van der Waals surface area contributed by atoms with Crippen molar-refractivity contribution in [3.05, 3.63) is 23.0 Å². The van der Waals surface area contributed by atoms with Crippen LogP contribution < -0.4 is 4.74 Å². The van der Waals surface area contributed by atoms with E-state index in [2.05, 4.69) is 4.99 Å². The number of fused-ring (bicyclic) bond motifs is 1. The minimum absolute atomic E-state index is 0.0122. The van der Waals surface area contributed by atoms with E-state index in [1.807, 2.05) is 5.01 Å². The number of thioether (sulfide) groups is 1. The van der Waals surface area contributed by atoms with Gasteiger partial charge in [0.2, 0.25) is 0 Å². The molecule has 29 heavy (non-hydrogen) atoms. The summed E-state index contributed by atoms with van der Waals surface area (Å²) in [6.07, 6.45) is -0.0955. The standard InChI is InChI=1S/C18H21ClFN3O5S/c1-11(26-2)28-17(24)4-6-27-16-8-15(14(20)7-13(16)19)21-12-3-5-23-18(25)29-10-22(23)9-12/h7-8,11H,3-6,9-10H2,1-2H3. The third kappa shape index (κ3) is 5.59. The highest BCUT2D eigenvalue weighted by Crippen LogP contribution is 2.33. The fourth-order valence-electron chi connectivity index (χ4n) is 2.79. The van der Waals surface area contributed by atoms with Gasteiger partial charge in [-0.1, -0.05) is 11.6 Å². The summed E-state index contributed by atoms with van der Waals surface area (Å²) in [4.78, 5) is 27.8. The van der Waals surface area contributed by atoms with Gasteiger partial charge in [-0.05, 0) is 24.8 Å². The zero-order chi connectivity index (χ0) is 21.0. The second kappa shape index (κ2) is 9.75. The minimum Gasteiger partial charge on any atom is -0.491 e. The van der Waals surface area contributed by atoms with Crippen LogP contribution in [-0.2, 0) is 14.3 Å². The molecule has 0 aromatic heterocycles. The number of amides is 1. The van der Waals surface area contributed by atoms with Gasteiger partial charge in [-0.3, -0.25) is 19.6 Å². The summed E-state index contributed by atoms with van der Waals surface area (Å²) < 4.78 is 29.7. The predicted octanol–water partition coefficient (Wildman–Crippen LogP) is 3.60. The highest BCUT2D eigenvalue weighted by molar-refractivity contribution is 8.13. The van der Waals surface area contributed by atoms with Crippen molar-refractivity contribution in [2.45, 2.75) is 26.1 Å². The Bertz CT molecular complexity index is 825. The van der Waals surface area contributed by atoms with Crippen molar-refractivity contribution in [3.8, 4) is 5.75 Å². The van der Waals surface area contributed by atoms with Crippen LogP contribution >= 0.6 is 23.4 Å². The number of carbonyl (C=O) groups excluding carboxylic acids is 2. The predicted molar refractivity (Wildman–Crippen MR) is 107 cm³/mol. The van der Waals surface area contributed by atoms with Gasteiger partial charge in [-0.15, -0.1) is 0 Å². The SMILES string of the molecule is COC(C)OC(=O)CCOc1cc(N=C2CCN3C(=O)SCN3C2)c(F)cc1Cl. The summed E-state index contributed by atoms with van der Waals surface area (Å²) in [6.45, 7) is 2.59. The van der Waals surface area contributed by atoms with Gasteiger partial charge in [-0.2, -0.15) is 0 Å². The third-order valence-corrected chi connectivity index (χ3v) is 5.52. The van der Waals surface area contributed by atoms with Gasteiger partial charge in [0.05, 0.1) is 30.5 Å². The van der Waals surface area contributed by atoms with Gasteiger partial charge in [0.15, 0.2) is 12.1 Å². The van der Waals surface area contributed by atoms with Gasteiger partial charge in [-0.25, -0.2) is 9.40 Å². The summed E-state index contributed by atoms with van der Waals surface area (Å²) in [7, 11) is 1.43. The molecule has 0 bridgehead atoms. The Labute approximate surface area is 176 Å². The number of esters is 1. The molecule has 2 saturated heterocycles. The Morgan fingerprint density at radius 1 is 1.45 bits per heavy atom. The molecule has 1 unspecified atom stereocenters. The molecule has 1 amide bonds. The molecular formula is C18H21ClFN3O5S. The molecule has 0 aliphatic carbocycles. The topological polar surface area (TPSA) is 80.7 Å². The van der Waals surface area contributed by atoms with Gasteiger partial charge in [0.1, 0.15) is 11.4 Å². The largest absolute Gasteiger partial charge is 0.491 e. The number of ether oxygens (including phenoxy) is 3. The molecule has 0 spiro atoms. The van der Waals surface area contributed by atoms with E-state index in [9.17, 15) is 14.0 Å². The van der Waals surface area contributed by atoms with Crippen LogP contribution in [0.25, 0.3) is 0 Å². The van der Waals surface area contributed by atoms with Crippen LogP contribution in [0.3, 0.4) is 0 Å². The molecule has 3 rings (SSSR count). The lowest BCUT2D eigenvalue weighted by molar-refractivity contribution is -0.170. The summed E-state index contributed by atoms with van der Waals surface area (Å²) in [5.74, 6) is -0.266. The molecule has 0 radical (unpaired) electrons. The summed E-state index contributed by atoms with van der Waals surface area (Å²) in [5.41, 5.74) is 0.863. The maximum Gasteiger partial charge on any atom is 0.311 e. The van der Waals surface area contributed by atoms with E-state index in [4.69, 9.17) is 25.8 Å².